The van der Waals surface area contributed by atoms with Crippen molar-refractivity contribution in [1.29, 1.82) is 0 Å². The average molecular weight is 307 g/mol. The highest BCUT2D eigenvalue weighted by Gasteiger charge is 2.47. The van der Waals surface area contributed by atoms with Crippen molar-refractivity contribution >= 4 is 23.2 Å². The second kappa shape index (κ2) is 5.75. The lowest BCUT2D eigenvalue weighted by Gasteiger charge is -2.48. The Hall–Kier alpha value is -1.43. The van der Waals surface area contributed by atoms with Gasteiger partial charge in [-0.25, -0.2) is 4.98 Å². The minimum atomic E-state index is -0.351. The Kier molecular flexibility index (Phi) is 3.97. The standard InChI is InChI=1S/C15H21N3O2S/c1-10(2)13-15(20)17-7-4-3-5-11(17)14(19)18(13)9-12-16-6-8-21-12/h6,8,10-11,13H,3-5,7,9H2,1-2H3. The van der Waals surface area contributed by atoms with Crippen molar-refractivity contribution in [2.45, 2.75) is 51.7 Å². The number of hydrogen-bond acceptors (Lipinski definition) is 4. The van der Waals surface area contributed by atoms with Crippen LogP contribution < -0.4 is 0 Å². The van der Waals surface area contributed by atoms with E-state index in [1.165, 1.54) is 11.3 Å². The minimum absolute atomic E-state index is 0.100. The number of piperidine rings is 1. The number of carbonyl (C=O) groups excluding carboxylic acids is 2. The van der Waals surface area contributed by atoms with Crippen LogP contribution in [0, 0.1) is 5.92 Å². The van der Waals surface area contributed by atoms with Gasteiger partial charge in [0.15, 0.2) is 0 Å². The van der Waals surface area contributed by atoms with Crippen LogP contribution in [0.4, 0.5) is 0 Å². The van der Waals surface area contributed by atoms with Crippen molar-refractivity contribution in [3.63, 3.8) is 0 Å². The van der Waals surface area contributed by atoms with Crippen molar-refractivity contribution in [1.82, 2.24) is 14.8 Å². The van der Waals surface area contributed by atoms with E-state index in [9.17, 15) is 9.59 Å². The summed E-state index contributed by atoms with van der Waals surface area (Å²) < 4.78 is 0. The Morgan fingerprint density at radius 2 is 2.14 bits per heavy atom. The Labute approximate surface area is 129 Å². The number of fused-ring (bicyclic) bond motifs is 1. The molecule has 0 saturated carbocycles. The van der Waals surface area contributed by atoms with Gasteiger partial charge < -0.3 is 9.80 Å². The first kappa shape index (κ1) is 14.5. The summed E-state index contributed by atoms with van der Waals surface area (Å²) in [6.07, 6.45) is 4.57. The van der Waals surface area contributed by atoms with Gasteiger partial charge in [0.1, 0.15) is 17.1 Å². The molecule has 2 saturated heterocycles. The smallest absolute Gasteiger partial charge is 0.246 e. The normalized spacial score (nSPS) is 26.4. The molecule has 2 aliphatic rings. The van der Waals surface area contributed by atoms with E-state index in [-0.39, 0.29) is 29.8 Å². The first-order chi connectivity index (χ1) is 10.1. The van der Waals surface area contributed by atoms with E-state index in [2.05, 4.69) is 4.98 Å². The number of aromatic nitrogens is 1. The van der Waals surface area contributed by atoms with Crippen molar-refractivity contribution in [2.24, 2.45) is 5.92 Å². The molecule has 0 aliphatic carbocycles. The van der Waals surface area contributed by atoms with Crippen molar-refractivity contribution in [3.05, 3.63) is 16.6 Å². The number of piperazine rings is 1. The predicted molar refractivity (Wildman–Crippen MR) is 80.6 cm³/mol. The molecule has 21 heavy (non-hydrogen) atoms. The van der Waals surface area contributed by atoms with E-state index in [4.69, 9.17) is 0 Å². The second-order valence-electron chi connectivity index (χ2n) is 6.12. The summed E-state index contributed by atoms with van der Waals surface area (Å²) in [4.78, 5) is 33.5. The van der Waals surface area contributed by atoms with Gasteiger partial charge in [-0.15, -0.1) is 11.3 Å². The molecule has 0 aromatic carbocycles. The molecule has 3 rings (SSSR count). The van der Waals surface area contributed by atoms with E-state index >= 15 is 0 Å². The molecule has 0 radical (unpaired) electrons. The van der Waals surface area contributed by atoms with Gasteiger partial charge in [0.25, 0.3) is 0 Å². The van der Waals surface area contributed by atoms with Crippen LogP contribution in [0.3, 0.4) is 0 Å². The lowest BCUT2D eigenvalue weighted by Crippen LogP contribution is -2.66. The van der Waals surface area contributed by atoms with Gasteiger partial charge in [0.05, 0.1) is 6.54 Å². The molecule has 2 fully saturated rings. The number of hydrogen-bond donors (Lipinski definition) is 0. The van der Waals surface area contributed by atoms with Crippen LogP contribution in [0.2, 0.25) is 0 Å². The molecule has 0 spiro atoms. The Morgan fingerprint density at radius 1 is 1.33 bits per heavy atom. The summed E-state index contributed by atoms with van der Waals surface area (Å²) in [5.74, 6) is 0.332. The molecule has 114 valence electrons. The summed E-state index contributed by atoms with van der Waals surface area (Å²) in [6, 6.07) is -0.600. The number of carbonyl (C=O) groups is 2. The van der Waals surface area contributed by atoms with E-state index < -0.39 is 0 Å². The minimum Gasteiger partial charge on any atom is -0.329 e. The molecule has 5 nitrogen and oxygen atoms in total. The molecule has 2 atom stereocenters. The number of amides is 2. The van der Waals surface area contributed by atoms with Gasteiger partial charge in [0.2, 0.25) is 11.8 Å². The second-order valence-corrected chi connectivity index (χ2v) is 7.10. The van der Waals surface area contributed by atoms with E-state index in [0.717, 1.165) is 30.8 Å². The Morgan fingerprint density at radius 3 is 2.81 bits per heavy atom. The maximum absolute atomic E-state index is 12.9. The van der Waals surface area contributed by atoms with E-state index in [0.29, 0.717) is 6.54 Å². The maximum Gasteiger partial charge on any atom is 0.246 e. The molecule has 3 heterocycles. The van der Waals surface area contributed by atoms with Crippen LogP contribution in [-0.4, -0.2) is 45.2 Å². The summed E-state index contributed by atoms with van der Waals surface area (Å²) >= 11 is 1.53. The van der Waals surface area contributed by atoms with Crippen molar-refractivity contribution in [3.8, 4) is 0 Å². The monoisotopic (exact) mass is 307 g/mol. The van der Waals surface area contributed by atoms with Gasteiger partial charge in [-0.1, -0.05) is 13.8 Å². The first-order valence-electron chi connectivity index (χ1n) is 7.59. The number of rotatable bonds is 3. The fourth-order valence-corrected chi connectivity index (χ4v) is 4.00. The first-order valence-corrected chi connectivity index (χ1v) is 8.47. The molecule has 2 amide bonds. The molecule has 1 aromatic rings. The summed E-state index contributed by atoms with van der Waals surface area (Å²) in [5, 5.41) is 2.80. The molecule has 0 bridgehead atoms. The Bertz CT molecular complexity index is 529. The molecular weight excluding hydrogens is 286 g/mol. The lowest BCUT2D eigenvalue weighted by atomic mass is 9.91. The maximum atomic E-state index is 12.9. The SMILES string of the molecule is CC(C)C1C(=O)N2CCCCC2C(=O)N1Cc1nccs1. The van der Waals surface area contributed by atoms with Gasteiger partial charge in [-0.2, -0.15) is 0 Å². The van der Waals surface area contributed by atoms with Crippen LogP contribution in [0.5, 0.6) is 0 Å². The molecule has 6 heteroatoms. The predicted octanol–water partition coefficient (Wildman–Crippen LogP) is 1.89. The highest BCUT2D eigenvalue weighted by atomic mass is 32.1. The quantitative estimate of drug-likeness (QED) is 0.857. The third kappa shape index (κ3) is 2.57. The zero-order valence-electron chi connectivity index (χ0n) is 12.5. The van der Waals surface area contributed by atoms with E-state index in [1.54, 1.807) is 11.1 Å². The van der Waals surface area contributed by atoms with Crippen LogP contribution in [0.1, 0.15) is 38.1 Å². The van der Waals surface area contributed by atoms with Gasteiger partial charge >= 0.3 is 0 Å². The summed E-state index contributed by atoms with van der Waals surface area (Å²) in [6.45, 7) is 5.20. The van der Waals surface area contributed by atoms with Gasteiger partial charge in [-0.05, 0) is 25.2 Å². The molecule has 0 N–H and O–H groups in total. The van der Waals surface area contributed by atoms with Gasteiger partial charge in [-0.3, -0.25) is 9.59 Å². The molecule has 2 aliphatic heterocycles. The topological polar surface area (TPSA) is 53.5 Å². The highest BCUT2D eigenvalue weighted by Crippen LogP contribution is 2.30. The Balaban J connectivity index is 1.90. The fraction of sp³-hybridized carbons (Fsp3) is 0.667. The molecule has 1 aromatic heterocycles. The van der Waals surface area contributed by atoms with Crippen molar-refractivity contribution in [2.75, 3.05) is 6.54 Å². The largest absolute Gasteiger partial charge is 0.329 e. The van der Waals surface area contributed by atoms with Gasteiger partial charge in [0, 0.05) is 18.1 Å². The van der Waals surface area contributed by atoms with Crippen LogP contribution >= 0.6 is 11.3 Å². The third-order valence-corrected chi connectivity index (χ3v) is 5.13. The molecule has 2 unspecified atom stereocenters. The number of nitrogens with zero attached hydrogens (tertiary/aromatic N) is 3. The lowest BCUT2D eigenvalue weighted by molar-refractivity contribution is -0.166. The highest BCUT2D eigenvalue weighted by molar-refractivity contribution is 7.09. The van der Waals surface area contributed by atoms with Crippen LogP contribution in [0.15, 0.2) is 11.6 Å². The van der Waals surface area contributed by atoms with Crippen LogP contribution in [0.25, 0.3) is 0 Å². The average Bonchev–Trinajstić information content (AvgIpc) is 2.97. The fourth-order valence-electron chi connectivity index (χ4n) is 3.38. The van der Waals surface area contributed by atoms with Crippen LogP contribution in [-0.2, 0) is 16.1 Å². The zero-order chi connectivity index (χ0) is 15.0. The summed E-state index contributed by atoms with van der Waals surface area (Å²) in [5.41, 5.74) is 0. The molecular formula is C15H21N3O2S. The van der Waals surface area contributed by atoms with E-state index in [1.807, 2.05) is 24.1 Å². The number of thiazole rings is 1. The third-order valence-electron chi connectivity index (χ3n) is 4.36. The van der Waals surface area contributed by atoms with Crippen molar-refractivity contribution < 1.29 is 9.59 Å². The zero-order valence-corrected chi connectivity index (χ0v) is 13.3. The summed E-state index contributed by atoms with van der Waals surface area (Å²) in [7, 11) is 0.